The van der Waals surface area contributed by atoms with Crippen molar-refractivity contribution in [2.75, 3.05) is 53.1 Å². The summed E-state index contributed by atoms with van der Waals surface area (Å²) in [6.45, 7) is 8.58. The fourth-order valence-corrected chi connectivity index (χ4v) is 3.77. The summed E-state index contributed by atoms with van der Waals surface area (Å²) in [5, 5.41) is 3.49. The Bertz CT molecular complexity index is 542. The maximum absolute atomic E-state index is 5.77. The molecule has 2 aliphatic heterocycles. The van der Waals surface area contributed by atoms with Gasteiger partial charge < -0.3 is 24.3 Å². The van der Waals surface area contributed by atoms with Crippen molar-refractivity contribution in [2.24, 2.45) is 16.8 Å². The van der Waals surface area contributed by atoms with Crippen LogP contribution in [0.1, 0.15) is 32.2 Å². The molecular formula is C19H33N5O2. The Labute approximate surface area is 156 Å². The van der Waals surface area contributed by atoms with Gasteiger partial charge in [0.2, 0.25) is 0 Å². The normalized spacial score (nSPS) is 27.1. The minimum Gasteiger partial charge on any atom is -0.381 e. The monoisotopic (exact) mass is 363 g/mol. The molecule has 3 unspecified atom stereocenters. The van der Waals surface area contributed by atoms with E-state index in [0.717, 1.165) is 71.3 Å². The molecule has 0 aromatic carbocycles. The lowest BCUT2D eigenvalue weighted by molar-refractivity contribution is 0.0886. The minimum absolute atomic E-state index is 0.446. The topological polar surface area (TPSA) is 63.9 Å². The lowest BCUT2D eigenvalue weighted by Gasteiger charge is -2.39. The zero-order chi connectivity index (χ0) is 18.2. The van der Waals surface area contributed by atoms with E-state index in [4.69, 9.17) is 9.47 Å². The molecule has 0 bridgehead atoms. The Morgan fingerprint density at radius 3 is 3.08 bits per heavy atom. The number of nitrogens with one attached hydrogen (secondary N) is 1. The van der Waals surface area contributed by atoms with Crippen molar-refractivity contribution in [1.29, 1.82) is 0 Å². The molecule has 26 heavy (non-hydrogen) atoms. The van der Waals surface area contributed by atoms with Gasteiger partial charge in [0.25, 0.3) is 0 Å². The molecule has 0 amide bonds. The predicted molar refractivity (Wildman–Crippen MR) is 102 cm³/mol. The number of rotatable bonds is 7. The van der Waals surface area contributed by atoms with Gasteiger partial charge in [-0.05, 0) is 25.2 Å². The highest BCUT2D eigenvalue weighted by Crippen LogP contribution is 2.27. The molecular weight excluding hydrogens is 330 g/mol. The van der Waals surface area contributed by atoms with Crippen LogP contribution in [0.3, 0.4) is 0 Å². The Kier molecular flexibility index (Phi) is 7.32. The van der Waals surface area contributed by atoms with Crippen LogP contribution in [0, 0.1) is 11.8 Å². The van der Waals surface area contributed by atoms with E-state index in [9.17, 15) is 0 Å². The molecule has 7 nitrogen and oxygen atoms in total. The molecule has 3 heterocycles. The maximum atomic E-state index is 5.77. The predicted octanol–water partition coefficient (Wildman–Crippen LogP) is 1.78. The second kappa shape index (κ2) is 9.92. The van der Waals surface area contributed by atoms with Crippen LogP contribution in [-0.4, -0.2) is 73.5 Å². The van der Waals surface area contributed by atoms with E-state index in [0.29, 0.717) is 17.9 Å². The lowest BCUT2D eigenvalue weighted by atomic mass is 9.93. The number of aromatic nitrogens is 2. The summed E-state index contributed by atoms with van der Waals surface area (Å²) in [5.74, 6) is 2.23. The number of aliphatic imine (C=N–C) groups is 1. The standard InChI is InChI=1S/C19H33N5O2/c1-16-4-8-23(12-18(16)24-9-7-21-15-24)19(20-2)22-6-3-10-25-13-17-5-11-26-14-17/h7,9,15-18H,3-6,8,10-14H2,1-2H3,(H,20,22). The fourth-order valence-electron chi connectivity index (χ4n) is 3.77. The second-order valence-corrected chi connectivity index (χ2v) is 7.42. The SMILES string of the molecule is CN=C(NCCCOCC1CCOC1)N1CCC(C)C(n2ccnc2)C1. The van der Waals surface area contributed by atoms with E-state index < -0.39 is 0 Å². The number of nitrogens with zero attached hydrogens (tertiary/aromatic N) is 4. The molecule has 3 rings (SSSR count). The van der Waals surface area contributed by atoms with Crippen molar-refractivity contribution in [3.05, 3.63) is 18.7 Å². The first-order valence-corrected chi connectivity index (χ1v) is 9.86. The molecule has 146 valence electrons. The van der Waals surface area contributed by atoms with E-state index in [1.165, 1.54) is 0 Å². The zero-order valence-corrected chi connectivity index (χ0v) is 16.1. The average Bonchev–Trinajstić information content (AvgIpc) is 3.36. The third-order valence-corrected chi connectivity index (χ3v) is 5.46. The lowest BCUT2D eigenvalue weighted by Crippen LogP contribution is -2.49. The average molecular weight is 364 g/mol. The Morgan fingerprint density at radius 2 is 2.35 bits per heavy atom. The summed E-state index contributed by atoms with van der Waals surface area (Å²) in [6.07, 6.45) is 9.13. The van der Waals surface area contributed by atoms with E-state index in [2.05, 4.69) is 37.9 Å². The van der Waals surface area contributed by atoms with Crippen LogP contribution in [0.5, 0.6) is 0 Å². The van der Waals surface area contributed by atoms with Gasteiger partial charge in [-0.2, -0.15) is 0 Å². The number of piperidine rings is 1. The van der Waals surface area contributed by atoms with Crippen LogP contribution in [-0.2, 0) is 9.47 Å². The first-order valence-electron chi connectivity index (χ1n) is 9.86. The van der Waals surface area contributed by atoms with Crippen molar-refractivity contribution < 1.29 is 9.47 Å². The van der Waals surface area contributed by atoms with Crippen LogP contribution >= 0.6 is 0 Å². The first-order chi connectivity index (χ1) is 12.8. The van der Waals surface area contributed by atoms with Gasteiger partial charge in [-0.3, -0.25) is 4.99 Å². The van der Waals surface area contributed by atoms with Gasteiger partial charge in [0, 0.05) is 58.2 Å². The summed E-state index contributed by atoms with van der Waals surface area (Å²) < 4.78 is 13.4. The molecule has 0 radical (unpaired) electrons. The van der Waals surface area contributed by atoms with Crippen molar-refractivity contribution in [3.63, 3.8) is 0 Å². The summed E-state index contributed by atoms with van der Waals surface area (Å²) in [7, 11) is 1.86. The first kappa shape index (κ1) is 19.2. The van der Waals surface area contributed by atoms with Crippen molar-refractivity contribution >= 4 is 5.96 Å². The van der Waals surface area contributed by atoms with Crippen LogP contribution < -0.4 is 5.32 Å². The van der Waals surface area contributed by atoms with Crippen LogP contribution in [0.15, 0.2) is 23.7 Å². The second-order valence-electron chi connectivity index (χ2n) is 7.42. The van der Waals surface area contributed by atoms with Gasteiger partial charge in [-0.15, -0.1) is 0 Å². The van der Waals surface area contributed by atoms with Crippen molar-refractivity contribution in [3.8, 4) is 0 Å². The molecule has 1 N–H and O–H groups in total. The summed E-state index contributed by atoms with van der Waals surface area (Å²) in [4.78, 5) is 11.1. The molecule has 0 saturated carbocycles. The molecule has 2 fully saturated rings. The highest BCUT2D eigenvalue weighted by Gasteiger charge is 2.28. The van der Waals surface area contributed by atoms with Crippen molar-refractivity contribution in [2.45, 2.75) is 32.2 Å². The molecule has 3 atom stereocenters. The maximum Gasteiger partial charge on any atom is 0.193 e. The number of ether oxygens (including phenoxy) is 2. The molecule has 1 aromatic rings. The molecule has 7 heteroatoms. The minimum atomic E-state index is 0.446. The number of imidazole rings is 1. The molecule has 0 spiro atoms. The van der Waals surface area contributed by atoms with Gasteiger partial charge in [0.1, 0.15) is 0 Å². The summed E-state index contributed by atoms with van der Waals surface area (Å²) in [5.41, 5.74) is 0. The number of hydrogen-bond donors (Lipinski definition) is 1. The fraction of sp³-hybridized carbons (Fsp3) is 0.789. The smallest absolute Gasteiger partial charge is 0.193 e. The highest BCUT2D eigenvalue weighted by atomic mass is 16.5. The van der Waals surface area contributed by atoms with Crippen LogP contribution in [0.4, 0.5) is 0 Å². The Hall–Kier alpha value is -1.60. The van der Waals surface area contributed by atoms with E-state index in [1.807, 2.05) is 19.6 Å². The number of guanidine groups is 1. The quantitative estimate of drug-likeness (QED) is 0.455. The summed E-state index contributed by atoms with van der Waals surface area (Å²) in [6, 6.07) is 0.446. The third-order valence-electron chi connectivity index (χ3n) is 5.46. The summed E-state index contributed by atoms with van der Waals surface area (Å²) >= 11 is 0. The molecule has 2 saturated heterocycles. The van der Waals surface area contributed by atoms with Gasteiger partial charge in [-0.25, -0.2) is 4.98 Å². The largest absolute Gasteiger partial charge is 0.381 e. The highest BCUT2D eigenvalue weighted by molar-refractivity contribution is 5.80. The van der Waals surface area contributed by atoms with E-state index >= 15 is 0 Å². The van der Waals surface area contributed by atoms with Crippen molar-refractivity contribution in [1.82, 2.24) is 19.8 Å². The Morgan fingerprint density at radius 1 is 1.42 bits per heavy atom. The molecule has 2 aliphatic rings. The number of hydrogen-bond acceptors (Lipinski definition) is 4. The zero-order valence-electron chi connectivity index (χ0n) is 16.1. The Balaban J connectivity index is 1.38. The van der Waals surface area contributed by atoms with Crippen LogP contribution in [0.25, 0.3) is 0 Å². The van der Waals surface area contributed by atoms with Gasteiger partial charge in [0.15, 0.2) is 5.96 Å². The molecule has 0 aliphatic carbocycles. The van der Waals surface area contributed by atoms with Gasteiger partial charge >= 0.3 is 0 Å². The molecule has 1 aromatic heterocycles. The van der Waals surface area contributed by atoms with Gasteiger partial charge in [-0.1, -0.05) is 6.92 Å². The van der Waals surface area contributed by atoms with E-state index in [1.54, 1.807) is 0 Å². The number of likely N-dealkylation sites (tertiary alicyclic amines) is 1. The third kappa shape index (κ3) is 5.20. The van der Waals surface area contributed by atoms with E-state index in [-0.39, 0.29) is 0 Å². The van der Waals surface area contributed by atoms with Crippen LogP contribution in [0.2, 0.25) is 0 Å². The van der Waals surface area contributed by atoms with Gasteiger partial charge in [0.05, 0.1) is 25.6 Å².